The van der Waals surface area contributed by atoms with Crippen LogP contribution >= 0.6 is 0 Å². The van der Waals surface area contributed by atoms with Crippen molar-refractivity contribution in [2.75, 3.05) is 26.2 Å². The number of halogens is 4. The number of hydrogen-bond donors (Lipinski definition) is 1. The number of rotatable bonds is 11. The van der Waals surface area contributed by atoms with Crippen LogP contribution in [0.5, 0.6) is 11.5 Å². The van der Waals surface area contributed by atoms with Gasteiger partial charge in [0.25, 0.3) is 0 Å². The number of carbonyl (C=O) groups excluding carboxylic acids is 3. The van der Waals surface area contributed by atoms with E-state index in [9.17, 15) is 36.7 Å². The normalized spacial score (nSPS) is 10.6. The van der Waals surface area contributed by atoms with E-state index in [1.165, 1.54) is 49.4 Å². The summed E-state index contributed by atoms with van der Waals surface area (Å²) in [7, 11) is 0. The molecule has 0 spiro atoms. The van der Waals surface area contributed by atoms with E-state index in [0.29, 0.717) is 18.2 Å². The van der Waals surface area contributed by atoms with E-state index in [1.807, 2.05) is 13.8 Å². The van der Waals surface area contributed by atoms with Crippen molar-refractivity contribution in [3.05, 3.63) is 107 Å². The maximum Gasteiger partial charge on any atom is 0.342 e. The Labute approximate surface area is 279 Å². The zero-order valence-electron chi connectivity index (χ0n) is 27.0. The van der Waals surface area contributed by atoms with Gasteiger partial charge in [-0.1, -0.05) is 26.0 Å². The summed E-state index contributed by atoms with van der Waals surface area (Å²) < 4.78 is 69.0. The quantitative estimate of drug-likeness (QED) is 0.0986. The minimum absolute atomic E-state index is 0.00373. The standard InChI is InChI=1S/C21H23F2NO4.C15H10F2O4/c1-4-24(5-2)10-11-27-21(26)18-12-15(6-9-20(18)28-14(3)25)17-8-7-16(22)13-19(17)23;1-8(18)21-14-5-2-9(6-12(14)15(19)20)11-4-3-10(16)7-13(11)17/h6-9,12-13H,4-5,10-11H2,1-3H3;2-7H,1H3,(H,19,20). The number of carboxylic acid groups (broad SMARTS) is 1. The summed E-state index contributed by atoms with van der Waals surface area (Å²) in [5.74, 6) is -6.40. The first-order valence-corrected chi connectivity index (χ1v) is 14.9. The van der Waals surface area contributed by atoms with E-state index >= 15 is 0 Å². The van der Waals surface area contributed by atoms with Gasteiger partial charge in [-0.05, 0) is 72.7 Å². The monoisotopic (exact) mass is 683 g/mol. The number of carboxylic acids is 1. The van der Waals surface area contributed by atoms with Gasteiger partial charge in [0.1, 0.15) is 52.5 Å². The molecule has 0 amide bonds. The van der Waals surface area contributed by atoms with Gasteiger partial charge in [-0.2, -0.15) is 0 Å². The Balaban J connectivity index is 0.000000276. The number of ether oxygens (including phenoxy) is 3. The van der Waals surface area contributed by atoms with E-state index < -0.39 is 47.1 Å². The first kappa shape index (κ1) is 37.9. The fourth-order valence-corrected chi connectivity index (χ4v) is 4.54. The maximum atomic E-state index is 14.1. The van der Waals surface area contributed by atoms with Gasteiger partial charge < -0.3 is 24.2 Å². The Hall–Kier alpha value is -5.56. The molecule has 0 saturated carbocycles. The molecule has 4 aromatic rings. The Morgan fingerprint density at radius 2 is 1.10 bits per heavy atom. The summed E-state index contributed by atoms with van der Waals surface area (Å²) in [5.41, 5.74) is 0.452. The first-order chi connectivity index (χ1) is 23.2. The van der Waals surface area contributed by atoms with Crippen LogP contribution in [0.2, 0.25) is 0 Å². The Kier molecular flexibility index (Phi) is 13.6. The molecule has 0 aliphatic heterocycles. The smallest absolute Gasteiger partial charge is 0.342 e. The highest BCUT2D eigenvalue weighted by atomic mass is 19.1. The maximum absolute atomic E-state index is 14.1. The van der Waals surface area contributed by atoms with Crippen LogP contribution in [-0.2, 0) is 14.3 Å². The average molecular weight is 684 g/mol. The molecule has 0 fully saturated rings. The summed E-state index contributed by atoms with van der Waals surface area (Å²) in [6.07, 6.45) is 0. The van der Waals surface area contributed by atoms with Crippen LogP contribution in [-0.4, -0.2) is 60.1 Å². The van der Waals surface area contributed by atoms with E-state index in [2.05, 4.69) is 4.90 Å². The molecule has 0 aliphatic rings. The van der Waals surface area contributed by atoms with Crippen molar-refractivity contribution in [1.82, 2.24) is 4.90 Å². The number of likely N-dealkylation sites (N-methyl/N-ethyl adjacent to an activating group) is 1. The van der Waals surface area contributed by atoms with Crippen molar-refractivity contribution >= 4 is 23.9 Å². The third kappa shape index (κ3) is 10.7. The first-order valence-electron chi connectivity index (χ1n) is 14.9. The zero-order chi connectivity index (χ0) is 36.2. The van der Waals surface area contributed by atoms with Crippen molar-refractivity contribution in [3.8, 4) is 33.8 Å². The van der Waals surface area contributed by atoms with Gasteiger partial charge in [0.2, 0.25) is 0 Å². The van der Waals surface area contributed by atoms with Crippen molar-refractivity contribution in [1.29, 1.82) is 0 Å². The minimum Gasteiger partial charge on any atom is -0.478 e. The topological polar surface area (TPSA) is 119 Å². The SMILES string of the molecule is CC(=O)Oc1ccc(-c2ccc(F)cc2F)cc1C(=O)O.CCN(CC)CCOC(=O)c1cc(-c2ccc(F)cc2F)ccc1OC(C)=O. The van der Waals surface area contributed by atoms with Gasteiger partial charge >= 0.3 is 23.9 Å². The van der Waals surface area contributed by atoms with Gasteiger partial charge in [0.05, 0.1) is 0 Å². The molecular weight excluding hydrogens is 650 g/mol. The predicted molar refractivity (Wildman–Crippen MR) is 171 cm³/mol. The number of nitrogens with zero attached hydrogens (tertiary/aromatic N) is 1. The van der Waals surface area contributed by atoms with Crippen LogP contribution in [0.3, 0.4) is 0 Å². The van der Waals surface area contributed by atoms with E-state index in [1.54, 1.807) is 0 Å². The van der Waals surface area contributed by atoms with Gasteiger partial charge in [-0.3, -0.25) is 9.59 Å². The second-order valence-corrected chi connectivity index (χ2v) is 10.3. The molecule has 0 radical (unpaired) electrons. The summed E-state index contributed by atoms with van der Waals surface area (Å²) in [5, 5.41) is 9.12. The van der Waals surface area contributed by atoms with E-state index in [4.69, 9.17) is 19.3 Å². The second kappa shape index (κ2) is 17.6. The molecule has 49 heavy (non-hydrogen) atoms. The molecule has 0 bridgehead atoms. The Bertz CT molecular complexity index is 1840. The molecule has 4 rings (SSSR count). The average Bonchev–Trinajstić information content (AvgIpc) is 3.03. The summed E-state index contributed by atoms with van der Waals surface area (Å²) in [6, 6.07) is 14.2. The molecular formula is C36H33F4NO8. The zero-order valence-corrected chi connectivity index (χ0v) is 27.0. The second-order valence-electron chi connectivity index (χ2n) is 10.3. The molecule has 0 heterocycles. The highest BCUT2D eigenvalue weighted by Crippen LogP contribution is 2.31. The van der Waals surface area contributed by atoms with Crippen LogP contribution in [0, 0.1) is 23.3 Å². The van der Waals surface area contributed by atoms with Crippen LogP contribution in [0.4, 0.5) is 17.6 Å². The number of hydrogen-bond acceptors (Lipinski definition) is 8. The molecule has 0 atom stereocenters. The van der Waals surface area contributed by atoms with Crippen LogP contribution in [0.25, 0.3) is 22.3 Å². The van der Waals surface area contributed by atoms with Crippen molar-refractivity contribution < 1.29 is 56.1 Å². The molecule has 9 nitrogen and oxygen atoms in total. The van der Waals surface area contributed by atoms with Crippen LogP contribution in [0.15, 0.2) is 72.8 Å². The summed E-state index contributed by atoms with van der Waals surface area (Å²) in [6.45, 7) is 8.74. The Morgan fingerprint density at radius 3 is 1.51 bits per heavy atom. The van der Waals surface area contributed by atoms with Gasteiger partial charge in [-0.25, -0.2) is 27.2 Å². The van der Waals surface area contributed by atoms with Gasteiger partial charge in [-0.15, -0.1) is 0 Å². The third-order valence-corrected chi connectivity index (χ3v) is 6.94. The molecule has 0 aromatic heterocycles. The fraction of sp³-hybridized carbons (Fsp3) is 0.222. The lowest BCUT2D eigenvalue weighted by atomic mass is 10.0. The Morgan fingerprint density at radius 1 is 0.653 bits per heavy atom. The molecule has 258 valence electrons. The third-order valence-electron chi connectivity index (χ3n) is 6.94. The summed E-state index contributed by atoms with van der Waals surface area (Å²) in [4.78, 5) is 48.1. The molecule has 1 N–H and O–H groups in total. The molecule has 4 aromatic carbocycles. The van der Waals surface area contributed by atoms with Crippen molar-refractivity contribution in [3.63, 3.8) is 0 Å². The van der Waals surface area contributed by atoms with Crippen molar-refractivity contribution in [2.24, 2.45) is 0 Å². The predicted octanol–water partition coefficient (Wildman–Crippen LogP) is 7.31. The number of carbonyl (C=O) groups is 4. The lowest BCUT2D eigenvalue weighted by molar-refractivity contribution is -0.132. The molecule has 0 unspecified atom stereocenters. The number of esters is 3. The number of aromatic carboxylic acids is 1. The molecule has 0 saturated heterocycles. The number of benzene rings is 4. The fourth-order valence-electron chi connectivity index (χ4n) is 4.54. The highest BCUT2D eigenvalue weighted by molar-refractivity contribution is 5.95. The minimum atomic E-state index is -1.32. The van der Waals surface area contributed by atoms with Crippen LogP contribution < -0.4 is 9.47 Å². The van der Waals surface area contributed by atoms with Gasteiger partial charge in [0, 0.05) is 43.7 Å². The highest BCUT2D eigenvalue weighted by Gasteiger charge is 2.19. The van der Waals surface area contributed by atoms with E-state index in [0.717, 1.165) is 44.3 Å². The van der Waals surface area contributed by atoms with Crippen molar-refractivity contribution in [2.45, 2.75) is 27.7 Å². The van der Waals surface area contributed by atoms with Gasteiger partial charge in [0.15, 0.2) is 0 Å². The molecule has 0 aliphatic carbocycles. The van der Waals surface area contributed by atoms with Crippen LogP contribution in [0.1, 0.15) is 48.4 Å². The molecule has 13 heteroatoms. The lowest BCUT2D eigenvalue weighted by Crippen LogP contribution is -2.28. The lowest BCUT2D eigenvalue weighted by Gasteiger charge is -2.18. The summed E-state index contributed by atoms with van der Waals surface area (Å²) >= 11 is 0. The van der Waals surface area contributed by atoms with E-state index in [-0.39, 0.29) is 45.9 Å². The largest absolute Gasteiger partial charge is 0.478 e.